The van der Waals surface area contributed by atoms with Crippen LogP contribution in [0.25, 0.3) is 5.95 Å². The van der Waals surface area contributed by atoms with Crippen molar-refractivity contribution in [1.29, 1.82) is 0 Å². The van der Waals surface area contributed by atoms with E-state index in [9.17, 15) is 0 Å². The van der Waals surface area contributed by atoms with Crippen LogP contribution in [0.3, 0.4) is 0 Å². The molecule has 1 N–H and O–H groups in total. The average Bonchev–Trinajstić information content (AvgIpc) is 3.16. The first-order valence-corrected chi connectivity index (χ1v) is 7.48. The van der Waals surface area contributed by atoms with E-state index in [1.54, 1.807) is 23.3 Å². The number of anilines is 1. The van der Waals surface area contributed by atoms with Gasteiger partial charge in [-0.3, -0.25) is 4.57 Å². The molecule has 112 valence electrons. The van der Waals surface area contributed by atoms with E-state index in [0.29, 0.717) is 17.8 Å². The molecule has 21 heavy (non-hydrogen) atoms. The van der Waals surface area contributed by atoms with Crippen LogP contribution < -0.4 is 5.32 Å². The first kappa shape index (κ1) is 14.2. The number of rotatable bonds is 5. The number of halogens is 1. The molecule has 0 amide bonds. The summed E-state index contributed by atoms with van der Waals surface area (Å²) in [6.07, 6.45) is 6.27. The monoisotopic (exact) mass is 307 g/mol. The molecule has 1 aliphatic rings. The Morgan fingerprint density at radius 3 is 3.00 bits per heavy atom. The Morgan fingerprint density at radius 2 is 2.29 bits per heavy atom. The summed E-state index contributed by atoms with van der Waals surface area (Å²) < 4.78 is 1.70. The number of nitrogens with one attached hydrogen (secondary N) is 1. The Balaban J connectivity index is 1.66. The van der Waals surface area contributed by atoms with E-state index in [4.69, 9.17) is 11.6 Å². The third kappa shape index (κ3) is 3.48. The van der Waals surface area contributed by atoms with Crippen LogP contribution in [0.1, 0.15) is 13.3 Å². The maximum absolute atomic E-state index is 5.96. The lowest BCUT2D eigenvalue weighted by Crippen LogP contribution is -2.23. The van der Waals surface area contributed by atoms with Crippen molar-refractivity contribution in [1.82, 2.24) is 29.4 Å². The Bertz CT molecular complexity index is 586. The molecule has 1 unspecified atom stereocenters. The van der Waals surface area contributed by atoms with Crippen molar-refractivity contribution in [2.24, 2.45) is 5.92 Å². The molecule has 8 heteroatoms. The summed E-state index contributed by atoms with van der Waals surface area (Å²) in [5.41, 5.74) is 0. The Labute approximate surface area is 128 Å². The predicted octanol–water partition coefficient (Wildman–Crippen LogP) is 1.46. The van der Waals surface area contributed by atoms with Gasteiger partial charge in [0.15, 0.2) is 0 Å². The second-order valence-electron chi connectivity index (χ2n) is 5.13. The Morgan fingerprint density at radius 1 is 1.38 bits per heavy atom. The first-order chi connectivity index (χ1) is 10.2. The number of nitrogens with zero attached hydrogens (tertiary/aromatic N) is 6. The fourth-order valence-electron chi connectivity index (χ4n) is 2.51. The fourth-order valence-corrected chi connectivity index (χ4v) is 2.67. The molecular formula is C13H18ClN7. The molecule has 0 radical (unpaired) electrons. The molecule has 1 atom stereocenters. The highest BCUT2D eigenvalue weighted by Gasteiger charge is 2.21. The SMILES string of the molecule is CCN1CCC(CNc2nc(Cl)nc(-n3ccnc3)n2)C1. The van der Waals surface area contributed by atoms with Crippen molar-refractivity contribution >= 4 is 17.5 Å². The quantitative estimate of drug-likeness (QED) is 0.902. The molecule has 1 fully saturated rings. The van der Waals surface area contributed by atoms with Crippen LogP contribution in [0.4, 0.5) is 5.95 Å². The second-order valence-corrected chi connectivity index (χ2v) is 5.46. The van der Waals surface area contributed by atoms with Crippen molar-refractivity contribution in [2.75, 3.05) is 31.5 Å². The summed E-state index contributed by atoms with van der Waals surface area (Å²) in [6.45, 7) is 6.44. The number of aromatic nitrogens is 5. The van der Waals surface area contributed by atoms with Gasteiger partial charge in [-0.25, -0.2) is 4.98 Å². The smallest absolute Gasteiger partial charge is 0.241 e. The maximum Gasteiger partial charge on any atom is 0.241 e. The Kier molecular flexibility index (Phi) is 4.31. The minimum absolute atomic E-state index is 0.179. The van der Waals surface area contributed by atoms with Gasteiger partial charge in [-0.1, -0.05) is 6.92 Å². The van der Waals surface area contributed by atoms with E-state index in [2.05, 4.69) is 37.1 Å². The minimum Gasteiger partial charge on any atom is -0.354 e. The Hall–Kier alpha value is -1.73. The molecule has 0 aliphatic carbocycles. The van der Waals surface area contributed by atoms with Crippen molar-refractivity contribution in [3.8, 4) is 5.95 Å². The summed E-state index contributed by atoms with van der Waals surface area (Å²) >= 11 is 5.96. The van der Waals surface area contributed by atoms with E-state index in [1.807, 2.05) is 0 Å². The molecule has 0 aromatic carbocycles. The van der Waals surface area contributed by atoms with Gasteiger partial charge in [0, 0.05) is 25.5 Å². The zero-order valence-electron chi connectivity index (χ0n) is 11.9. The minimum atomic E-state index is 0.179. The molecule has 3 rings (SSSR count). The van der Waals surface area contributed by atoms with Crippen LogP contribution in [0.2, 0.25) is 5.28 Å². The molecule has 2 aromatic rings. The van der Waals surface area contributed by atoms with Gasteiger partial charge in [0.2, 0.25) is 17.2 Å². The average molecular weight is 308 g/mol. The summed E-state index contributed by atoms with van der Waals surface area (Å²) in [4.78, 5) is 19.0. The lowest BCUT2D eigenvalue weighted by atomic mass is 10.1. The largest absolute Gasteiger partial charge is 0.354 e. The molecule has 1 aliphatic heterocycles. The van der Waals surface area contributed by atoms with Crippen LogP contribution in [-0.4, -0.2) is 55.6 Å². The molecule has 0 spiro atoms. The summed E-state index contributed by atoms with van der Waals surface area (Å²) in [6, 6.07) is 0. The normalized spacial score (nSPS) is 19.0. The summed E-state index contributed by atoms with van der Waals surface area (Å²) in [5.74, 6) is 1.60. The molecule has 3 heterocycles. The third-order valence-corrected chi connectivity index (χ3v) is 3.87. The molecule has 1 saturated heterocycles. The van der Waals surface area contributed by atoms with Crippen LogP contribution in [0, 0.1) is 5.92 Å². The van der Waals surface area contributed by atoms with Gasteiger partial charge in [-0.2, -0.15) is 15.0 Å². The highest BCUT2D eigenvalue weighted by molar-refractivity contribution is 6.28. The van der Waals surface area contributed by atoms with Gasteiger partial charge in [0.25, 0.3) is 0 Å². The summed E-state index contributed by atoms with van der Waals surface area (Å²) in [5, 5.41) is 3.45. The number of hydrogen-bond acceptors (Lipinski definition) is 6. The van der Waals surface area contributed by atoms with Crippen LogP contribution in [0.5, 0.6) is 0 Å². The second kappa shape index (κ2) is 6.36. The third-order valence-electron chi connectivity index (χ3n) is 3.70. The number of imidazole rings is 1. The van der Waals surface area contributed by atoms with Crippen LogP contribution in [-0.2, 0) is 0 Å². The topological polar surface area (TPSA) is 71.8 Å². The lowest BCUT2D eigenvalue weighted by Gasteiger charge is -2.14. The van der Waals surface area contributed by atoms with Crippen LogP contribution in [0.15, 0.2) is 18.7 Å². The fraction of sp³-hybridized carbons (Fsp3) is 0.538. The van der Waals surface area contributed by atoms with E-state index < -0.39 is 0 Å². The van der Waals surface area contributed by atoms with Gasteiger partial charge in [-0.05, 0) is 37.0 Å². The maximum atomic E-state index is 5.96. The highest BCUT2D eigenvalue weighted by atomic mass is 35.5. The van der Waals surface area contributed by atoms with Gasteiger partial charge >= 0.3 is 0 Å². The standard InChI is InChI=1S/C13H18ClN7/c1-2-20-5-3-10(8-20)7-16-12-17-11(14)18-13(19-12)21-6-4-15-9-21/h4,6,9-10H,2-3,5,7-8H2,1H3,(H,16,17,18,19). The van der Waals surface area contributed by atoms with Gasteiger partial charge in [-0.15, -0.1) is 0 Å². The van der Waals surface area contributed by atoms with E-state index >= 15 is 0 Å². The van der Waals surface area contributed by atoms with Gasteiger partial charge in [0.05, 0.1) is 0 Å². The molecule has 0 saturated carbocycles. The number of hydrogen-bond donors (Lipinski definition) is 1. The van der Waals surface area contributed by atoms with Crippen molar-refractivity contribution < 1.29 is 0 Å². The first-order valence-electron chi connectivity index (χ1n) is 7.10. The van der Waals surface area contributed by atoms with Crippen molar-refractivity contribution in [2.45, 2.75) is 13.3 Å². The molecule has 2 aromatic heterocycles. The van der Waals surface area contributed by atoms with Crippen molar-refractivity contribution in [3.63, 3.8) is 0 Å². The van der Waals surface area contributed by atoms with Gasteiger partial charge < -0.3 is 10.2 Å². The highest BCUT2D eigenvalue weighted by Crippen LogP contribution is 2.16. The molecular weight excluding hydrogens is 290 g/mol. The molecule has 0 bridgehead atoms. The number of likely N-dealkylation sites (tertiary alicyclic amines) is 1. The zero-order valence-corrected chi connectivity index (χ0v) is 12.7. The predicted molar refractivity (Wildman–Crippen MR) is 80.7 cm³/mol. The van der Waals surface area contributed by atoms with Crippen LogP contribution >= 0.6 is 11.6 Å². The lowest BCUT2D eigenvalue weighted by molar-refractivity contribution is 0.345. The molecule has 7 nitrogen and oxygen atoms in total. The zero-order chi connectivity index (χ0) is 14.7. The van der Waals surface area contributed by atoms with E-state index in [0.717, 1.165) is 19.6 Å². The summed E-state index contributed by atoms with van der Waals surface area (Å²) in [7, 11) is 0. The van der Waals surface area contributed by atoms with E-state index in [-0.39, 0.29) is 5.28 Å². The van der Waals surface area contributed by atoms with E-state index in [1.165, 1.54) is 13.0 Å². The van der Waals surface area contributed by atoms with Crippen molar-refractivity contribution in [3.05, 3.63) is 24.0 Å². The van der Waals surface area contributed by atoms with Gasteiger partial charge in [0.1, 0.15) is 6.33 Å².